The highest BCUT2D eigenvalue weighted by molar-refractivity contribution is 7.12. The van der Waals surface area contributed by atoms with Gasteiger partial charge in [-0.05, 0) is 25.0 Å². The predicted octanol–water partition coefficient (Wildman–Crippen LogP) is 2.12. The number of aliphatic hydroxyl groups excluding tert-OH is 1. The lowest BCUT2D eigenvalue weighted by atomic mass is 9.88. The van der Waals surface area contributed by atoms with Gasteiger partial charge in [-0.25, -0.2) is 0 Å². The van der Waals surface area contributed by atoms with Crippen LogP contribution in [0.25, 0.3) is 0 Å². The lowest BCUT2D eigenvalue weighted by Crippen LogP contribution is -2.34. The second-order valence-corrected chi connectivity index (χ2v) is 5.38. The average molecular weight is 213 g/mol. The molecule has 1 aromatic heterocycles. The van der Waals surface area contributed by atoms with Crippen LogP contribution in [-0.4, -0.2) is 17.8 Å². The largest absolute Gasteiger partial charge is 0.395 e. The zero-order valence-corrected chi connectivity index (χ0v) is 9.84. The van der Waals surface area contributed by atoms with Crippen LogP contribution in [0.4, 0.5) is 0 Å². The van der Waals surface area contributed by atoms with Gasteiger partial charge in [0.1, 0.15) is 0 Å². The van der Waals surface area contributed by atoms with Gasteiger partial charge in [-0.1, -0.05) is 13.8 Å². The Hall–Kier alpha value is -0.380. The van der Waals surface area contributed by atoms with Crippen LogP contribution in [0.2, 0.25) is 0 Å². The van der Waals surface area contributed by atoms with Crippen molar-refractivity contribution in [3.8, 4) is 0 Å². The SMILES string of the molecule is Cc1ccc(C(C(C)C)C(N)CO)s1. The Balaban J connectivity index is 2.88. The second kappa shape index (κ2) is 4.91. The molecule has 14 heavy (non-hydrogen) atoms. The Kier molecular flexibility index (Phi) is 4.11. The molecule has 0 radical (unpaired) electrons. The number of aliphatic hydroxyl groups is 1. The first-order chi connectivity index (χ1) is 6.56. The van der Waals surface area contributed by atoms with Gasteiger partial charge in [0.15, 0.2) is 0 Å². The van der Waals surface area contributed by atoms with E-state index in [1.54, 1.807) is 11.3 Å². The molecule has 0 saturated carbocycles. The van der Waals surface area contributed by atoms with E-state index in [1.807, 2.05) is 0 Å². The molecule has 2 atom stereocenters. The highest BCUT2D eigenvalue weighted by Crippen LogP contribution is 2.32. The van der Waals surface area contributed by atoms with Crippen molar-refractivity contribution in [2.24, 2.45) is 11.7 Å². The number of rotatable bonds is 4. The molecule has 2 nitrogen and oxygen atoms in total. The van der Waals surface area contributed by atoms with E-state index >= 15 is 0 Å². The normalized spacial score (nSPS) is 15.9. The summed E-state index contributed by atoms with van der Waals surface area (Å²) in [5.74, 6) is 0.744. The Morgan fingerprint density at radius 3 is 2.43 bits per heavy atom. The van der Waals surface area contributed by atoms with Crippen LogP contribution >= 0.6 is 11.3 Å². The van der Waals surface area contributed by atoms with Crippen LogP contribution in [0.1, 0.15) is 29.5 Å². The fourth-order valence-electron chi connectivity index (χ4n) is 1.78. The lowest BCUT2D eigenvalue weighted by molar-refractivity contribution is 0.233. The fraction of sp³-hybridized carbons (Fsp3) is 0.636. The van der Waals surface area contributed by atoms with Gasteiger partial charge >= 0.3 is 0 Å². The summed E-state index contributed by atoms with van der Waals surface area (Å²) in [4.78, 5) is 2.59. The van der Waals surface area contributed by atoms with Crippen molar-refractivity contribution in [3.05, 3.63) is 21.9 Å². The zero-order valence-electron chi connectivity index (χ0n) is 9.03. The van der Waals surface area contributed by atoms with Gasteiger partial charge in [0.05, 0.1) is 6.61 Å². The third kappa shape index (κ3) is 2.56. The number of nitrogens with two attached hydrogens (primary N) is 1. The third-order valence-corrected chi connectivity index (χ3v) is 3.58. The van der Waals surface area contributed by atoms with Gasteiger partial charge in [-0.2, -0.15) is 0 Å². The Bertz CT molecular complexity index is 283. The molecule has 3 heteroatoms. The Morgan fingerprint density at radius 2 is 2.07 bits per heavy atom. The van der Waals surface area contributed by atoms with Crippen molar-refractivity contribution in [2.75, 3.05) is 6.61 Å². The molecule has 1 rings (SSSR count). The van der Waals surface area contributed by atoms with Crippen molar-refractivity contribution in [3.63, 3.8) is 0 Å². The standard InChI is InChI=1S/C11H19NOS/c1-7(2)11(9(12)6-13)10-5-4-8(3)14-10/h4-5,7,9,11,13H,6,12H2,1-3H3. The molecule has 1 aromatic rings. The number of aryl methyl sites for hydroxylation is 1. The van der Waals surface area contributed by atoms with Crippen molar-refractivity contribution >= 4 is 11.3 Å². The van der Waals surface area contributed by atoms with E-state index in [2.05, 4.69) is 32.9 Å². The van der Waals surface area contributed by atoms with E-state index < -0.39 is 0 Å². The fourth-order valence-corrected chi connectivity index (χ4v) is 3.01. The number of hydrogen-bond acceptors (Lipinski definition) is 3. The topological polar surface area (TPSA) is 46.2 Å². The number of thiophene rings is 1. The van der Waals surface area contributed by atoms with E-state index in [9.17, 15) is 0 Å². The van der Waals surface area contributed by atoms with Crippen molar-refractivity contribution in [2.45, 2.75) is 32.7 Å². The summed E-state index contributed by atoms with van der Waals surface area (Å²) in [6, 6.07) is 4.09. The monoisotopic (exact) mass is 213 g/mol. The van der Waals surface area contributed by atoms with Gasteiger partial charge in [0.2, 0.25) is 0 Å². The molecule has 3 N–H and O–H groups in total. The smallest absolute Gasteiger partial charge is 0.0588 e. The Labute approximate surface area is 89.8 Å². The van der Waals surface area contributed by atoms with Crippen LogP contribution in [0, 0.1) is 12.8 Å². The molecule has 80 valence electrons. The second-order valence-electron chi connectivity index (χ2n) is 4.06. The summed E-state index contributed by atoms with van der Waals surface area (Å²) in [6.07, 6.45) is 0. The predicted molar refractivity (Wildman–Crippen MR) is 61.7 cm³/mol. The summed E-state index contributed by atoms with van der Waals surface area (Å²) in [5.41, 5.74) is 5.92. The molecule has 0 aliphatic carbocycles. The van der Waals surface area contributed by atoms with E-state index in [1.165, 1.54) is 9.75 Å². The minimum Gasteiger partial charge on any atom is -0.395 e. The first-order valence-corrected chi connectivity index (χ1v) is 5.80. The van der Waals surface area contributed by atoms with Crippen LogP contribution < -0.4 is 5.73 Å². The molecular formula is C11H19NOS. The summed E-state index contributed by atoms with van der Waals surface area (Å²) in [6.45, 7) is 6.44. The van der Waals surface area contributed by atoms with E-state index in [0.717, 1.165) is 0 Å². The summed E-state index contributed by atoms with van der Waals surface area (Å²) < 4.78 is 0. The van der Waals surface area contributed by atoms with E-state index in [4.69, 9.17) is 10.8 Å². The van der Waals surface area contributed by atoms with Crippen LogP contribution in [0.5, 0.6) is 0 Å². The minimum absolute atomic E-state index is 0.0554. The quantitative estimate of drug-likeness (QED) is 0.804. The summed E-state index contributed by atoms with van der Waals surface area (Å²) in [7, 11) is 0. The maximum Gasteiger partial charge on any atom is 0.0588 e. The molecule has 0 amide bonds. The zero-order chi connectivity index (χ0) is 10.7. The summed E-state index contributed by atoms with van der Waals surface area (Å²) >= 11 is 1.78. The molecular weight excluding hydrogens is 194 g/mol. The first kappa shape index (κ1) is 11.7. The van der Waals surface area contributed by atoms with Crippen molar-refractivity contribution in [1.82, 2.24) is 0 Å². The van der Waals surface area contributed by atoms with Gasteiger partial charge in [0, 0.05) is 21.7 Å². The highest BCUT2D eigenvalue weighted by atomic mass is 32.1. The van der Waals surface area contributed by atoms with Crippen LogP contribution in [0.15, 0.2) is 12.1 Å². The molecule has 0 aromatic carbocycles. The number of hydrogen-bond donors (Lipinski definition) is 2. The van der Waals surface area contributed by atoms with E-state index in [-0.39, 0.29) is 18.6 Å². The lowest BCUT2D eigenvalue weighted by Gasteiger charge is -2.24. The maximum atomic E-state index is 9.10. The molecule has 0 aliphatic heterocycles. The molecule has 0 spiro atoms. The first-order valence-electron chi connectivity index (χ1n) is 4.99. The minimum atomic E-state index is -0.145. The van der Waals surface area contributed by atoms with Gasteiger partial charge < -0.3 is 10.8 Å². The average Bonchev–Trinajstić information content (AvgIpc) is 2.51. The maximum absolute atomic E-state index is 9.10. The van der Waals surface area contributed by atoms with E-state index in [0.29, 0.717) is 5.92 Å². The molecule has 1 heterocycles. The third-order valence-electron chi connectivity index (χ3n) is 2.48. The Morgan fingerprint density at radius 1 is 1.43 bits per heavy atom. The highest BCUT2D eigenvalue weighted by Gasteiger charge is 2.23. The molecule has 0 bridgehead atoms. The molecule has 0 fully saturated rings. The van der Waals surface area contributed by atoms with Crippen molar-refractivity contribution < 1.29 is 5.11 Å². The molecule has 2 unspecified atom stereocenters. The van der Waals surface area contributed by atoms with Gasteiger partial charge in [-0.3, -0.25) is 0 Å². The van der Waals surface area contributed by atoms with Gasteiger partial charge in [-0.15, -0.1) is 11.3 Å². The summed E-state index contributed by atoms with van der Waals surface area (Å²) in [5, 5.41) is 9.10. The van der Waals surface area contributed by atoms with Gasteiger partial charge in [0.25, 0.3) is 0 Å². The molecule has 0 saturated heterocycles. The van der Waals surface area contributed by atoms with Crippen LogP contribution in [0.3, 0.4) is 0 Å². The van der Waals surface area contributed by atoms with Crippen molar-refractivity contribution in [1.29, 1.82) is 0 Å². The molecule has 0 aliphatic rings. The van der Waals surface area contributed by atoms with Crippen LogP contribution in [-0.2, 0) is 0 Å².